The van der Waals surface area contributed by atoms with Crippen LogP contribution in [0.3, 0.4) is 0 Å². The van der Waals surface area contributed by atoms with Gasteiger partial charge in [-0.15, -0.1) is 5.10 Å². The molecule has 0 aliphatic heterocycles. The van der Waals surface area contributed by atoms with Gasteiger partial charge in [0.15, 0.2) is 0 Å². The molecule has 1 rings (SSSR count). The lowest BCUT2D eigenvalue weighted by atomic mass is 10.0. The number of aromatic nitrogens is 3. The molecule has 0 spiro atoms. The molecule has 4 N–H and O–H groups in total. The van der Waals surface area contributed by atoms with Gasteiger partial charge >= 0.3 is 0 Å². The van der Waals surface area contributed by atoms with Crippen molar-refractivity contribution in [3.05, 3.63) is 11.9 Å². The number of rotatable bonds is 4. The van der Waals surface area contributed by atoms with Crippen molar-refractivity contribution in [2.75, 3.05) is 6.54 Å². The highest BCUT2D eigenvalue weighted by Gasteiger charge is 2.17. The highest BCUT2D eigenvalue weighted by atomic mass is 15.4. The summed E-state index contributed by atoms with van der Waals surface area (Å²) in [5.74, 6) is 0. The fraction of sp³-hybridized carbons (Fsp3) is 0.750. The van der Waals surface area contributed by atoms with Crippen LogP contribution >= 0.6 is 0 Å². The second kappa shape index (κ2) is 3.85. The van der Waals surface area contributed by atoms with Crippen LogP contribution in [-0.2, 0) is 12.1 Å². The largest absolute Gasteiger partial charge is 0.330 e. The van der Waals surface area contributed by atoms with Gasteiger partial charge in [-0.3, -0.25) is 4.68 Å². The van der Waals surface area contributed by atoms with Gasteiger partial charge in [-0.2, -0.15) is 0 Å². The second-order valence-corrected chi connectivity index (χ2v) is 3.73. The third-order valence-electron chi connectivity index (χ3n) is 1.79. The molecule has 0 saturated heterocycles. The molecular formula is C8H17N5. The van der Waals surface area contributed by atoms with E-state index in [1.54, 1.807) is 4.68 Å². The number of hydrogen-bond acceptors (Lipinski definition) is 4. The van der Waals surface area contributed by atoms with Crippen molar-refractivity contribution < 1.29 is 0 Å². The normalized spacial score (nSPS) is 12.0. The third kappa shape index (κ3) is 2.78. The van der Waals surface area contributed by atoms with Crippen LogP contribution in [0.2, 0.25) is 0 Å². The molecule has 13 heavy (non-hydrogen) atoms. The second-order valence-electron chi connectivity index (χ2n) is 3.73. The van der Waals surface area contributed by atoms with Crippen LogP contribution in [0.15, 0.2) is 6.20 Å². The predicted molar refractivity (Wildman–Crippen MR) is 50.9 cm³/mol. The zero-order valence-electron chi connectivity index (χ0n) is 8.20. The molecule has 5 nitrogen and oxygen atoms in total. The molecule has 0 amide bonds. The summed E-state index contributed by atoms with van der Waals surface area (Å²) >= 11 is 0. The van der Waals surface area contributed by atoms with Crippen LogP contribution < -0.4 is 11.5 Å². The smallest absolute Gasteiger partial charge is 0.102 e. The topological polar surface area (TPSA) is 82.8 Å². The molecule has 0 atom stereocenters. The number of hydrogen-bond donors (Lipinski definition) is 2. The molecule has 5 heteroatoms. The van der Waals surface area contributed by atoms with E-state index >= 15 is 0 Å². The Hall–Kier alpha value is -0.940. The van der Waals surface area contributed by atoms with E-state index in [0.29, 0.717) is 6.54 Å². The van der Waals surface area contributed by atoms with Crippen molar-refractivity contribution in [2.24, 2.45) is 11.5 Å². The van der Waals surface area contributed by atoms with Gasteiger partial charge in [0.05, 0.1) is 11.7 Å². The molecule has 0 fully saturated rings. The molecule has 1 aromatic rings. The molecule has 0 bridgehead atoms. The molecular weight excluding hydrogens is 166 g/mol. The minimum atomic E-state index is -0.416. The summed E-state index contributed by atoms with van der Waals surface area (Å²) in [6.45, 7) is 5.29. The molecule has 0 aliphatic carbocycles. The third-order valence-corrected chi connectivity index (χ3v) is 1.79. The summed E-state index contributed by atoms with van der Waals surface area (Å²) in [6.07, 6.45) is 2.78. The highest BCUT2D eigenvalue weighted by molar-refractivity contribution is 5.05. The highest BCUT2D eigenvalue weighted by Crippen LogP contribution is 2.12. The average Bonchev–Trinajstić information content (AvgIpc) is 2.47. The number of aryl methyl sites for hydroxylation is 1. The first-order chi connectivity index (χ1) is 6.04. The Balaban J connectivity index is 2.64. The lowest BCUT2D eigenvalue weighted by molar-refractivity contribution is 0.533. The van der Waals surface area contributed by atoms with E-state index in [2.05, 4.69) is 10.3 Å². The van der Waals surface area contributed by atoms with E-state index in [1.807, 2.05) is 20.0 Å². The van der Waals surface area contributed by atoms with Gasteiger partial charge in [-0.25, -0.2) is 0 Å². The summed E-state index contributed by atoms with van der Waals surface area (Å²) in [6, 6.07) is 0. The summed E-state index contributed by atoms with van der Waals surface area (Å²) in [4.78, 5) is 0. The Morgan fingerprint density at radius 2 is 2.23 bits per heavy atom. The zero-order chi connectivity index (χ0) is 9.90. The Morgan fingerprint density at radius 1 is 1.54 bits per heavy atom. The molecule has 0 radical (unpaired) electrons. The van der Waals surface area contributed by atoms with Crippen LogP contribution in [-0.4, -0.2) is 21.5 Å². The van der Waals surface area contributed by atoms with Crippen LogP contribution in [0, 0.1) is 0 Å². The summed E-state index contributed by atoms with van der Waals surface area (Å²) in [5, 5.41) is 7.94. The molecule has 0 aromatic carbocycles. The van der Waals surface area contributed by atoms with Crippen molar-refractivity contribution in [1.82, 2.24) is 15.0 Å². The predicted octanol–water partition coefficient (Wildman–Crippen LogP) is -0.179. The van der Waals surface area contributed by atoms with E-state index < -0.39 is 5.54 Å². The van der Waals surface area contributed by atoms with E-state index in [9.17, 15) is 0 Å². The standard InChI is InChI=1S/C8H17N5/c1-8(2,10)7-6-13(12-11-7)5-3-4-9/h6H,3-5,9-10H2,1-2H3. The summed E-state index contributed by atoms with van der Waals surface area (Å²) in [5.41, 5.74) is 11.6. The van der Waals surface area contributed by atoms with Crippen molar-refractivity contribution in [1.29, 1.82) is 0 Å². The fourth-order valence-corrected chi connectivity index (χ4v) is 0.956. The van der Waals surface area contributed by atoms with E-state index in [1.165, 1.54) is 0 Å². The molecule has 0 saturated carbocycles. The van der Waals surface area contributed by atoms with Gasteiger partial charge in [-0.1, -0.05) is 5.21 Å². The minimum absolute atomic E-state index is 0.416. The van der Waals surface area contributed by atoms with Crippen LogP contribution in [0.1, 0.15) is 26.0 Å². The Labute approximate surface area is 78.1 Å². The first-order valence-corrected chi connectivity index (χ1v) is 4.43. The molecule has 74 valence electrons. The Morgan fingerprint density at radius 3 is 2.69 bits per heavy atom. The van der Waals surface area contributed by atoms with Crippen molar-refractivity contribution in [3.63, 3.8) is 0 Å². The summed E-state index contributed by atoms with van der Waals surface area (Å²) in [7, 11) is 0. The molecule has 0 aliphatic rings. The van der Waals surface area contributed by atoms with Crippen molar-refractivity contribution in [3.8, 4) is 0 Å². The van der Waals surface area contributed by atoms with E-state index in [-0.39, 0.29) is 0 Å². The molecule has 0 unspecified atom stereocenters. The minimum Gasteiger partial charge on any atom is -0.330 e. The average molecular weight is 183 g/mol. The van der Waals surface area contributed by atoms with E-state index in [0.717, 1.165) is 18.7 Å². The van der Waals surface area contributed by atoms with Crippen LogP contribution in [0.5, 0.6) is 0 Å². The Kier molecular flexibility index (Phi) is 3.00. The van der Waals surface area contributed by atoms with Crippen LogP contribution in [0.25, 0.3) is 0 Å². The summed E-state index contributed by atoms with van der Waals surface area (Å²) < 4.78 is 1.77. The first kappa shape index (κ1) is 10.1. The lowest BCUT2D eigenvalue weighted by Crippen LogP contribution is -2.29. The van der Waals surface area contributed by atoms with Crippen molar-refractivity contribution in [2.45, 2.75) is 32.4 Å². The van der Waals surface area contributed by atoms with Gasteiger partial charge in [0.25, 0.3) is 0 Å². The van der Waals surface area contributed by atoms with Gasteiger partial charge in [0.1, 0.15) is 5.69 Å². The fourth-order valence-electron chi connectivity index (χ4n) is 0.956. The monoisotopic (exact) mass is 183 g/mol. The van der Waals surface area contributed by atoms with Crippen LogP contribution in [0.4, 0.5) is 0 Å². The first-order valence-electron chi connectivity index (χ1n) is 4.43. The Bertz CT molecular complexity index is 260. The SMILES string of the molecule is CC(C)(N)c1cn(CCCN)nn1. The lowest BCUT2D eigenvalue weighted by Gasteiger charge is -2.13. The number of nitrogens with zero attached hydrogens (tertiary/aromatic N) is 3. The maximum absolute atomic E-state index is 5.86. The van der Waals surface area contributed by atoms with E-state index in [4.69, 9.17) is 11.5 Å². The van der Waals surface area contributed by atoms with Gasteiger partial charge in [0, 0.05) is 6.54 Å². The zero-order valence-corrected chi connectivity index (χ0v) is 8.20. The molecule has 1 heterocycles. The van der Waals surface area contributed by atoms with Gasteiger partial charge in [0.2, 0.25) is 0 Å². The maximum Gasteiger partial charge on any atom is 0.102 e. The number of nitrogens with two attached hydrogens (primary N) is 2. The van der Waals surface area contributed by atoms with Gasteiger partial charge < -0.3 is 11.5 Å². The molecule has 1 aromatic heterocycles. The van der Waals surface area contributed by atoms with Gasteiger partial charge in [-0.05, 0) is 26.8 Å². The quantitative estimate of drug-likeness (QED) is 0.678. The maximum atomic E-state index is 5.86. The van der Waals surface area contributed by atoms with Crippen molar-refractivity contribution >= 4 is 0 Å².